The quantitative estimate of drug-likeness (QED) is 0.674. The van der Waals surface area contributed by atoms with Crippen LogP contribution in [0.1, 0.15) is 37.5 Å². The van der Waals surface area contributed by atoms with Crippen molar-refractivity contribution in [2.45, 2.75) is 58.0 Å². The predicted octanol–water partition coefficient (Wildman–Crippen LogP) is 2.54. The van der Waals surface area contributed by atoms with Crippen LogP contribution in [-0.4, -0.2) is 21.8 Å². The summed E-state index contributed by atoms with van der Waals surface area (Å²) in [6, 6.07) is 1.63. The van der Waals surface area contributed by atoms with Crippen LogP contribution in [0.25, 0.3) is 0 Å². The van der Waals surface area contributed by atoms with Crippen LogP contribution in [0.3, 0.4) is 0 Å². The van der Waals surface area contributed by atoms with Gasteiger partial charge in [0.25, 0.3) is 10.1 Å². The number of hydrogen-bond acceptors (Lipinski definition) is 2. The first-order valence-electron chi connectivity index (χ1n) is 6.49. The van der Waals surface area contributed by atoms with E-state index in [9.17, 15) is 13.0 Å². The summed E-state index contributed by atoms with van der Waals surface area (Å²) >= 11 is 0. The van der Waals surface area contributed by atoms with E-state index in [2.05, 4.69) is 33.9 Å². The highest BCUT2D eigenvalue weighted by molar-refractivity contribution is 7.86. The van der Waals surface area contributed by atoms with Gasteiger partial charge in [-0.05, 0) is 47.2 Å². The van der Waals surface area contributed by atoms with Crippen LogP contribution in [0, 0.1) is 13.8 Å². The maximum atomic E-state index is 11.6. The zero-order chi connectivity index (χ0) is 15.2. The summed E-state index contributed by atoms with van der Waals surface area (Å²) in [4.78, 5) is 0.108. The highest BCUT2D eigenvalue weighted by Gasteiger charge is 2.27. The molecular formula is C14H24O3SSi. The van der Waals surface area contributed by atoms with E-state index in [0.717, 1.165) is 16.3 Å². The average molecular weight is 300 g/mol. The lowest BCUT2D eigenvalue weighted by Gasteiger charge is -2.28. The molecule has 0 saturated heterocycles. The highest BCUT2D eigenvalue weighted by Crippen LogP contribution is 2.30. The van der Waals surface area contributed by atoms with E-state index < -0.39 is 18.9 Å². The highest BCUT2D eigenvalue weighted by atomic mass is 32.2. The summed E-state index contributed by atoms with van der Waals surface area (Å²) in [5.41, 5.74) is 3.11. The van der Waals surface area contributed by atoms with E-state index in [4.69, 9.17) is 0 Å². The number of rotatable bonds is 2. The van der Waals surface area contributed by atoms with Crippen LogP contribution >= 0.6 is 0 Å². The Morgan fingerprint density at radius 2 is 1.63 bits per heavy atom. The molecule has 108 valence electrons. The van der Waals surface area contributed by atoms with E-state index in [1.807, 2.05) is 13.8 Å². The molecule has 0 saturated carbocycles. The molecular weight excluding hydrogens is 276 g/mol. The lowest BCUT2D eigenvalue weighted by Crippen LogP contribution is -2.34. The molecule has 0 bridgehead atoms. The molecule has 1 N–H and O–H groups in total. The number of aryl methyl sites for hydroxylation is 1. The van der Waals surface area contributed by atoms with Gasteiger partial charge in [0.05, 0.1) is 13.7 Å². The Hall–Kier alpha value is -0.653. The molecule has 5 heteroatoms. The van der Waals surface area contributed by atoms with E-state index in [-0.39, 0.29) is 10.3 Å². The Kier molecular flexibility index (Phi) is 4.35. The summed E-state index contributed by atoms with van der Waals surface area (Å²) in [5.74, 6) is 0. The number of benzene rings is 1. The van der Waals surface area contributed by atoms with E-state index >= 15 is 0 Å². The Morgan fingerprint density at radius 1 is 1.16 bits per heavy atom. The third kappa shape index (κ3) is 3.27. The predicted molar refractivity (Wildman–Crippen MR) is 82.9 cm³/mol. The standard InChI is InChI=1S/C14H24O3SSi/c1-9-8-11(18(15,16)17)13(19(6)7)10(2)12(9)14(3,4)5/h8,19H,1-7H3,(H,15,16,17). The van der Waals surface area contributed by atoms with Gasteiger partial charge in [0.1, 0.15) is 0 Å². The molecule has 0 radical (unpaired) electrons. The summed E-state index contributed by atoms with van der Waals surface area (Å²) < 4.78 is 32.7. The van der Waals surface area contributed by atoms with Crippen LogP contribution in [-0.2, 0) is 15.5 Å². The fourth-order valence-electron chi connectivity index (χ4n) is 3.05. The van der Waals surface area contributed by atoms with Crippen LogP contribution in [0.5, 0.6) is 0 Å². The molecule has 0 amide bonds. The Balaban J connectivity index is 3.86. The van der Waals surface area contributed by atoms with E-state index in [1.54, 1.807) is 6.07 Å². The lowest BCUT2D eigenvalue weighted by atomic mass is 9.81. The third-order valence-electron chi connectivity index (χ3n) is 3.39. The molecule has 0 aliphatic heterocycles. The van der Waals surface area contributed by atoms with Crippen molar-refractivity contribution in [3.05, 3.63) is 22.8 Å². The van der Waals surface area contributed by atoms with Gasteiger partial charge in [-0.15, -0.1) is 0 Å². The SMILES string of the molecule is Cc1cc(S(=O)(=O)O)c([SiH](C)C)c(C)c1C(C)(C)C. The topological polar surface area (TPSA) is 54.4 Å². The lowest BCUT2D eigenvalue weighted by molar-refractivity contribution is 0.483. The molecule has 1 aromatic carbocycles. The van der Waals surface area contributed by atoms with Crippen molar-refractivity contribution < 1.29 is 13.0 Å². The van der Waals surface area contributed by atoms with Crippen LogP contribution in [0.15, 0.2) is 11.0 Å². The van der Waals surface area contributed by atoms with Crippen LogP contribution in [0.4, 0.5) is 0 Å². The molecule has 19 heavy (non-hydrogen) atoms. The summed E-state index contributed by atoms with van der Waals surface area (Å²) in [7, 11) is -5.52. The fraction of sp³-hybridized carbons (Fsp3) is 0.571. The van der Waals surface area contributed by atoms with Gasteiger partial charge in [-0.2, -0.15) is 8.42 Å². The Morgan fingerprint density at radius 3 is 1.95 bits per heavy atom. The fourth-order valence-corrected chi connectivity index (χ4v) is 6.62. The summed E-state index contributed by atoms with van der Waals surface area (Å²) in [6.45, 7) is 14.4. The van der Waals surface area contributed by atoms with Gasteiger partial charge in [-0.25, -0.2) is 0 Å². The molecule has 0 unspecified atom stereocenters. The molecule has 1 rings (SSSR count). The minimum Gasteiger partial charge on any atom is -0.282 e. The molecule has 0 aliphatic carbocycles. The van der Waals surface area contributed by atoms with Gasteiger partial charge in [0, 0.05) is 0 Å². The average Bonchev–Trinajstić information content (AvgIpc) is 2.11. The molecule has 0 heterocycles. The van der Waals surface area contributed by atoms with Gasteiger partial charge in [0.15, 0.2) is 0 Å². The van der Waals surface area contributed by atoms with Gasteiger partial charge >= 0.3 is 0 Å². The molecule has 0 atom stereocenters. The molecule has 3 nitrogen and oxygen atoms in total. The normalized spacial score (nSPS) is 13.1. The molecule has 0 spiro atoms. The van der Waals surface area contributed by atoms with Crippen molar-refractivity contribution in [3.63, 3.8) is 0 Å². The second kappa shape index (κ2) is 5.03. The van der Waals surface area contributed by atoms with Gasteiger partial charge < -0.3 is 0 Å². The van der Waals surface area contributed by atoms with Crippen molar-refractivity contribution >= 4 is 24.1 Å². The van der Waals surface area contributed by atoms with Gasteiger partial charge in [-0.3, -0.25) is 4.55 Å². The smallest absolute Gasteiger partial charge is 0.282 e. The Labute approximate surface area is 118 Å². The molecule has 1 aromatic rings. The van der Waals surface area contributed by atoms with Crippen LogP contribution in [0.2, 0.25) is 13.1 Å². The maximum absolute atomic E-state index is 11.6. The molecule has 0 fully saturated rings. The van der Waals surface area contributed by atoms with Crippen molar-refractivity contribution in [1.29, 1.82) is 0 Å². The second-order valence-corrected chi connectivity index (χ2v) is 10.8. The first-order chi connectivity index (χ1) is 8.37. The molecule has 0 aromatic heterocycles. The summed E-state index contributed by atoms with van der Waals surface area (Å²) in [5, 5.41) is 0.859. The first-order valence-corrected chi connectivity index (χ1v) is 10.8. The number of hydrogen-bond donors (Lipinski definition) is 1. The van der Waals surface area contributed by atoms with Crippen molar-refractivity contribution in [2.75, 3.05) is 0 Å². The molecule has 0 aliphatic rings. The van der Waals surface area contributed by atoms with E-state index in [1.165, 1.54) is 5.56 Å². The minimum absolute atomic E-state index is 0.0377. The van der Waals surface area contributed by atoms with E-state index in [0.29, 0.717) is 0 Å². The third-order valence-corrected chi connectivity index (χ3v) is 6.39. The van der Waals surface area contributed by atoms with Gasteiger partial charge in [0.2, 0.25) is 0 Å². The minimum atomic E-state index is -4.15. The van der Waals surface area contributed by atoms with Crippen LogP contribution < -0.4 is 5.19 Å². The van der Waals surface area contributed by atoms with Gasteiger partial charge in [-0.1, -0.05) is 33.9 Å². The Bertz CT molecular complexity index is 596. The first kappa shape index (κ1) is 16.4. The summed E-state index contributed by atoms with van der Waals surface area (Å²) in [6.07, 6.45) is 0. The zero-order valence-corrected chi connectivity index (χ0v) is 14.8. The maximum Gasteiger partial charge on any atom is 0.294 e. The van der Waals surface area contributed by atoms with Crippen molar-refractivity contribution in [3.8, 4) is 0 Å². The largest absolute Gasteiger partial charge is 0.294 e. The second-order valence-electron chi connectivity index (χ2n) is 6.49. The monoisotopic (exact) mass is 300 g/mol. The van der Waals surface area contributed by atoms with Crippen molar-refractivity contribution in [1.82, 2.24) is 0 Å². The van der Waals surface area contributed by atoms with Crippen molar-refractivity contribution in [2.24, 2.45) is 0 Å². The zero-order valence-electron chi connectivity index (χ0n) is 12.8.